The van der Waals surface area contributed by atoms with E-state index in [-0.39, 0.29) is 53.0 Å². The van der Waals surface area contributed by atoms with Crippen molar-refractivity contribution in [2.45, 2.75) is 6.54 Å². The number of rotatable bonds is 5. The van der Waals surface area contributed by atoms with E-state index in [2.05, 4.69) is 0 Å². The van der Waals surface area contributed by atoms with E-state index in [4.69, 9.17) is 26.9 Å². The van der Waals surface area contributed by atoms with Gasteiger partial charge in [0.25, 0.3) is 0 Å². The van der Waals surface area contributed by atoms with E-state index >= 15 is 0 Å². The van der Waals surface area contributed by atoms with Gasteiger partial charge >= 0.3 is 0 Å². The second-order valence-corrected chi connectivity index (χ2v) is 6.52. The third kappa shape index (κ3) is 3.67. The molecule has 28 heavy (non-hydrogen) atoms. The van der Waals surface area contributed by atoms with Crippen LogP contribution in [0.4, 0.5) is 4.39 Å². The summed E-state index contributed by atoms with van der Waals surface area (Å²) in [5, 5.41) is 28.2. The standard InChI is InChI=1S/C20H13ClFN3O3/c21-15-2-1-3-16(22)13(15)10-18-19(27)12-4-5-17(26)14(20(12)28-18)11-25(8-6-23)9-7-24/h1-5,10,26H,8-9,11H2/p+1/b18-10-. The van der Waals surface area contributed by atoms with Crippen LogP contribution in [-0.2, 0) is 6.54 Å². The molecule has 1 heterocycles. The Balaban J connectivity index is 2.01. The monoisotopic (exact) mass is 398 g/mol. The van der Waals surface area contributed by atoms with Crippen LogP contribution >= 0.6 is 11.6 Å². The lowest BCUT2D eigenvalue weighted by molar-refractivity contribution is -0.899. The number of phenols is 1. The number of halogens is 2. The van der Waals surface area contributed by atoms with Gasteiger partial charge in [-0.25, -0.2) is 4.39 Å². The number of hydrogen-bond acceptors (Lipinski definition) is 5. The van der Waals surface area contributed by atoms with Gasteiger partial charge in [-0.2, -0.15) is 10.5 Å². The summed E-state index contributed by atoms with van der Waals surface area (Å²) >= 11 is 6.01. The Bertz CT molecular complexity index is 1030. The average molecular weight is 399 g/mol. The number of hydrogen-bond donors (Lipinski definition) is 2. The summed E-state index contributed by atoms with van der Waals surface area (Å²) in [6.07, 6.45) is 1.22. The van der Waals surface area contributed by atoms with Crippen molar-refractivity contribution in [3.05, 3.63) is 63.6 Å². The maximum Gasteiger partial charge on any atom is 0.231 e. The SMILES string of the molecule is N#CC[NH+](CC#N)Cc1c(O)ccc2c1O/C(=C\c1c(F)cccc1Cl)C2=O. The van der Waals surface area contributed by atoms with E-state index in [9.17, 15) is 14.3 Å². The molecule has 2 aromatic rings. The number of quaternary nitrogens is 1. The molecule has 0 atom stereocenters. The van der Waals surface area contributed by atoms with Gasteiger partial charge in [-0.3, -0.25) is 4.79 Å². The summed E-state index contributed by atoms with van der Waals surface area (Å²) in [5.74, 6) is -1.19. The number of aromatic hydroxyl groups is 1. The Hall–Kier alpha value is -3.39. The molecule has 0 amide bonds. The molecule has 140 valence electrons. The minimum Gasteiger partial charge on any atom is -0.507 e. The first-order valence-electron chi connectivity index (χ1n) is 8.26. The molecule has 0 saturated heterocycles. The van der Waals surface area contributed by atoms with Gasteiger partial charge in [0.2, 0.25) is 5.78 Å². The largest absolute Gasteiger partial charge is 0.507 e. The molecular formula is C20H14ClFN3O3+. The summed E-state index contributed by atoms with van der Waals surface area (Å²) in [4.78, 5) is 13.3. The minimum atomic E-state index is -0.603. The van der Waals surface area contributed by atoms with Crippen LogP contribution in [0.5, 0.6) is 11.5 Å². The number of nitrogens with one attached hydrogen (secondary N) is 1. The molecule has 1 aliphatic rings. The molecule has 6 nitrogen and oxygen atoms in total. The van der Waals surface area contributed by atoms with Crippen LogP contribution in [0.25, 0.3) is 6.08 Å². The minimum absolute atomic E-state index is 0.0207. The fourth-order valence-corrected chi connectivity index (χ4v) is 3.13. The molecule has 2 N–H and O–H groups in total. The lowest BCUT2D eigenvalue weighted by atomic mass is 10.0. The van der Waals surface area contributed by atoms with Gasteiger partial charge in [0, 0.05) is 5.56 Å². The molecule has 1 aliphatic heterocycles. The zero-order chi connectivity index (χ0) is 20.3. The molecule has 0 unspecified atom stereocenters. The van der Waals surface area contributed by atoms with E-state index in [0.717, 1.165) is 0 Å². The van der Waals surface area contributed by atoms with Crippen molar-refractivity contribution in [3.8, 4) is 23.6 Å². The number of nitrogens with zero attached hydrogens (tertiary/aromatic N) is 2. The number of nitriles is 2. The number of ketones is 1. The first-order valence-corrected chi connectivity index (χ1v) is 8.64. The fraction of sp³-hybridized carbons (Fsp3) is 0.150. The molecule has 8 heteroatoms. The van der Waals surface area contributed by atoms with Gasteiger partial charge in [0.1, 0.15) is 30.2 Å². The third-order valence-electron chi connectivity index (χ3n) is 4.28. The van der Waals surface area contributed by atoms with Gasteiger partial charge in [-0.1, -0.05) is 17.7 Å². The average Bonchev–Trinajstić information content (AvgIpc) is 2.97. The van der Waals surface area contributed by atoms with Crippen LogP contribution in [0.2, 0.25) is 5.02 Å². The Morgan fingerprint density at radius 3 is 2.57 bits per heavy atom. The molecule has 2 aromatic carbocycles. The van der Waals surface area contributed by atoms with Crippen molar-refractivity contribution < 1.29 is 23.9 Å². The van der Waals surface area contributed by atoms with Crippen LogP contribution in [0.15, 0.2) is 36.1 Å². The number of phenolic OH excluding ortho intramolecular Hbond substituents is 1. The van der Waals surface area contributed by atoms with E-state index in [1.165, 1.54) is 36.4 Å². The van der Waals surface area contributed by atoms with E-state index in [0.29, 0.717) is 10.5 Å². The summed E-state index contributed by atoms with van der Waals surface area (Å²) in [6, 6.07) is 10.9. The van der Waals surface area contributed by atoms with E-state index in [1.54, 1.807) is 0 Å². The molecule has 3 rings (SSSR count). The van der Waals surface area contributed by atoms with Crippen LogP contribution in [0.1, 0.15) is 21.5 Å². The van der Waals surface area contributed by atoms with E-state index in [1.807, 2.05) is 12.1 Å². The number of carbonyl (C=O) groups excluding carboxylic acids is 1. The molecule has 0 aliphatic carbocycles. The smallest absolute Gasteiger partial charge is 0.231 e. The number of ether oxygens (including phenoxy) is 1. The summed E-state index contributed by atoms with van der Waals surface area (Å²) in [6.45, 7) is 0.188. The highest BCUT2D eigenvalue weighted by atomic mass is 35.5. The second kappa shape index (κ2) is 8.10. The second-order valence-electron chi connectivity index (χ2n) is 6.11. The number of allylic oxidation sites excluding steroid dienone is 1. The topological polar surface area (TPSA) is 98.6 Å². The van der Waals surface area contributed by atoms with Crippen molar-refractivity contribution in [2.75, 3.05) is 13.1 Å². The molecule has 0 spiro atoms. The molecule has 0 bridgehead atoms. The molecule has 0 radical (unpaired) electrons. The van der Waals surface area contributed by atoms with Crippen LogP contribution in [0.3, 0.4) is 0 Å². The van der Waals surface area contributed by atoms with Crippen molar-refractivity contribution in [1.82, 2.24) is 0 Å². The molecule has 0 aromatic heterocycles. The van der Waals surface area contributed by atoms with Crippen molar-refractivity contribution >= 4 is 23.5 Å². The van der Waals surface area contributed by atoms with E-state index < -0.39 is 11.6 Å². The van der Waals surface area contributed by atoms with Crippen molar-refractivity contribution in [3.63, 3.8) is 0 Å². The number of carbonyl (C=O) groups is 1. The molecular weight excluding hydrogens is 385 g/mol. The van der Waals surface area contributed by atoms with Gasteiger partial charge in [-0.05, 0) is 30.3 Å². The van der Waals surface area contributed by atoms with Gasteiger partial charge in [-0.15, -0.1) is 0 Å². The summed E-state index contributed by atoms with van der Waals surface area (Å²) < 4.78 is 19.7. The first-order chi connectivity index (χ1) is 13.5. The summed E-state index contributed by atoms with van der Waals surface area (Å²) in [5.41, 5.74) is 0.529. The van der Waals surface area contributed by atoms with Crippen LogP contribution in [-0.4, -0.2) is 24.0 Å². The third-order valence-corrected chi connectivity index (χ3v) is 4.61. The van der Waals surface area contributed by atoms with Crippen molar-refractivity contribution in [1.29, 1.82) is 10.5 Å². The highest BCUT2D eigenvalue weighted by Crippen LogP contribution is 2.39. The zero-order valence-electron chi connectivity index (χ0n) is 14.5. The maximum absolute atomic E-state index is 14.0. The predicted molar refractivity (Wildman–Crippen MR) is 98.1 cm³/mol. The zero-order valence-corrected chi connectivity index (χ0v) is 15.3. The highest BCUT2D eigenvalue weighted by Gasteiger charge is 2.33. The Kier molecular flexibility index (Phi) is 5.60. The number of fused-ring (bicyclic) bond motifs is 1. The van der Waals surface area contributed by atoms with Crippen LogP contribution < -0.4 is 9.64 Å². The van der Waals surface area contributed by atoms with Gasteiger partial charge in [0.15, 0.2) is 24.6 Å². The summed E-state index contributed by atoms with van der Waals surface area (Å²) in [7, 11) is 0. The number of Topliss-reactive ketones (excluding diaryl/α,β-unsaturated/α-hetero) is 1. The van der Waals surface area contributed by atoms with Crippen LogP contribution in [0, 0.1) is 28.5 Å². The Morgan fingerprint density at radius 1 is 1.21 bits per heavy atom. The lowest BCUT2D eigenvalue weighted by Crippen LogP contribution is -3.10. The maximum atomic E-state index is 14.0. The number of benzene rings is 2. The lowest BCUT2D eigenvalue weighted by Gasteiger charge is -2.15. The quantitative estimate of drug-likeness (QED) is 0.594. The Morgan fingerprint density at radius 2 is 1.93 bits per heavy atom. The normalized spacial score (nSPS) is 13.9. The Labute approximate surface area is 165 Å². The molecule has 0 saturated carbocycles. The fourth-order valence-electron chi connectivity index (χ4n) is 2.91. The van der Waals surface area contributed by atoms with Crippen molar-refractivity contribution in [2.24, 2.45) is 0 Å². The van der Waals surface area contributed by atoms with Gasteiger partial charge < -0.3 is 14.7 Å². The first kappa shape index (κ1) is 19.4. The van der Waals surface area contributed by atoms with Gasteiger partial charge in [0.05, 0.1) is 16.1 Å². The predicted octanol–water partition coefficient (Wildman–Crippen LogP) is 2.23. The molecule has 0 fully saturated rings. The highest BCUT2D eigenvalue weighted by molar-refractivity contribution is 6.32.